The van der Waals surface area contributed by atoms with E-state index in [4.69, 9.17) is 0 Å². The highest BCUT2D eigenvalue weighted by Gasteiger charge is 2.22. The topological polar surface area (TPSA) is 81.3 Å². The van der Waals surface area contributed by atoms with E-state index in [1.54, 1.807) is 13.2 Å². The zero-order chi connectivity index (χ0) is 21.5. The lowest BCUT2D eigenvalue weighted by Crippen LogP contribution is -2.51. The smallest absolute Gasteiger partial charge is 0.191 e. The molecule has 7 nitrogen and oxygen atoms in total. The van der Waals surface area contributed by atoms with E-state index >= 15 is 0 Å². The van der Waals surface area contributed by atoms with Gasteiger partial charge in [-0.3, -0.25) is 4.99 Å². The number of para-hydroxylation sites is 1. The molecule has 0 radical (unpaired) electrons. The van der Waals surface area contributed by atoms with E-state index in [0.717, 1.165) is 54.4 Å². The number of piperidine rings is 1. The Balaban J connectivity index is 1.36. The number of nitriles is 1. The van der Waals surface area contributed by atoms with E-state index in [9.17, 15) is 5.26 Å². The maximum absolute atomic E-state index is 9.43. The van der Waals surface area contributed by atoms with Crippen molar-refractivity contribution in [2.45, 2.75) is 25.4 Å². The first kappa shape index (κ1) is 20.5. The molecule has 1 atom stereocenters. The zero-order valence-electron chi connectivity index (χ0n) is 17.7. The van der Waals surface area contributed by atoms with Crippen molar-refractivity contribution in [2.24, 2.45) is 4.99 Å². The quantitative estimate of drug-likeness (QED) is 0.496. The molecule has 1 fully saturated rings. The molecule has 2 heterocycles. The summed E-state index contributed by atoms with van der Waals surface area (Å²) in [6.07, 6.45) is 5.85. The number of hydrogen-bond donors (Lipinski definition) is 2. The second-order valence-electron chi connectivity index (χ2n) is 7.60. The Kier molecular flexibility index (Phi) is 6.48. The molecule has 0 spiro atoms. The van der Waals surface area contributed by atoms with Gasteiger partial charge in [0, 0.05) is 45.1 Å². The van der Waals surface area contributed by atoms with Crippen molar-refractivity contribution >= 4 is 11.6 Å². The number of guanidine groups is 1. The molecular weight excluding hydrogens is 386 g/mol. The summed E-state index contributed by atoms with van der Waals surface area (Å²) >= 11 is 0. The average Bonchev–Trinajstić information content (AvgIpc) is 3.37. The minimum atomic E-state index is 0.266. The summed E-state index contributed by atoms with van der Waals surface area (Å²) in [7, 11) is 1.79. The third kappa shape index (κ3) is 5.04. The van der Waals surface area contributed by atoms with Gasteiger partial charge in [0.25, 0.3) is 0 Å². The summed E-state index contributed by atoms with van der Waals surface area (Å²) in [4.78, 5) is 6.70. The van der Waals surface area contributed by atoms with Gasteiger partial charge in [-0.05, 0) is 48.7 Å². The van der Waals surface area contributed by atoms with E-state index in [1.165, 1.54) is 0 Å². The van der Waals surface area contributed by atoms with Gasteiger partial charge in [0.05, 0.1) is 16.9 Å². The molecule has 2 N–H and O–H groups in total. The Hall–Kier alpha value is -3.79. The number of rotatable bonds is 5. The third-order valence-corrected chi connectivity index (χ3v) is 5.49. The lowest BCUT2D eigenvalue weighted by molar-refractivity contribution is 0.468. The minimum Gasteiger partial charge on any atom is -0.368 e. The van der Waals surface area contributed by atoms with Crippen molar-refractivity contribution in [2.75, 3.05) is 25.0 Å². The van der Waals surface area contributed by atoms with Crippen LogP contribution in [0.1, 0.15) is 24.0 Å². The normalized spacial score (nSPS) is 16.6. The monoisotopic (exact) mass is 413 g/mol. The van der Waals surface area contributed by atoms with Crippen LogP contribution in [0.15, 0.2) is 72.0 Å². The predicted octanol–water partition coefficient (Wildman–Crippen LogP) is 3.08. The molecule has 31 heavy (non-hydrogen) atoms. The fraction of sp³-hybridized carbons (Fsp3) is 0.292. The molecule has 4 rings (SSSR count). The van der Waals surface area contributed by atoms with Gasteiger partial charge in [-0.25, -0.2) is 4.68 Å². The highest BCUT2D eigenvalue weighted by atomic mass is 15.3. The molecule has 158 valence electrons. The molecule has 2 aromatic carbocycles. The van der Waals surface area contributed by atoms with Gasteiger partial charge in [-0.1, -0.05) is 24.3 Å². The molecule has 0 amide bonds. The number of aromatic nitrogens is 2. The zero-order valence-corrected chi connectivity index (χ0v) is 17.7. The first-order valence-corrected chi connectivity index (χ1v) is 10.6. The Morgan fingerprint density at radius 3 is 2.94 bits per heavy atom. The third-order valence-electron chi connectivity index (χ3n) is 5.49. The first-order chi connectivity index (χ1) is 15.3. The second kappa shape index (κ2) is 9.81. The van der Waals surface area contributed by atoms with Crippen LogP contribution < -0.4 is 15.5 Å². The molecule has 0 bridgehead atoms. The molecule has 3 aromatic rings. The average molecular weight is 414 g/mol. The van der Waals surface area contributed by atoms with Gasteiger partial charge in [-0.15, -0.1) is 0 Å². The number of nitrogens with one attached hydrogen (secondary N) is 2. The highest BCUT2D eigenvalue weighted by molar-refractivity contribution is 5.80. The van der Waals surface area contributed by atoms with Crippen LogP contribution in [0.4, 0.5) is 5.69 Å². The largest absolute Gasteiger partial charge is 0.368 e. The van der Waals surface area contributed by atoms with E-state index in [1.807, 2.05) is 53.3 Å². The summed E-state index contributed by atoms with van der Waals surface area (Å²) in [5.41, 5.74) is 3.92. The molecule has 1 saturated heterocycles. The summed E-state index contributed by atoms with van der Waals surface area (Å²) < 4.78 is 1.85. The van der Waals surface area contributed by atoms with Crippen LogP contribution in [0.2, 0.25) is 0 Å². The Bertz CT molecular complexity index is 1070. The molecule has 1 aliphatic heterocycles. The van der Waals surface area contributed by atoms with E-state index in [0.29, 0.717) is 6.54 Å². The van der Waals surface area contributed by atoms with Crippen LogP contribution in [0.5, 0.6) is 0 Å². The van der Waals surface area contributed by atoms with Crippen molar-refractivity contribution in [1.29, 1.82) is 5.26 Å². The summed E-state index contributed by atoms with van der Waals surface area (Å²) in [5.74, 6) is 0.782. The molecule has 1 unspecified atom stereocenters. The van der Waals surface area contributed by atoms with Crippen LogP contribution in [0.25, 0.3) is 5.69 Å². The summed E-state index contributed by atoms with van der Waals surface area (Å²) in [6.45, 7) is 2.47. The number of nitrogens with zero attached hydrogens (tertiary/aromatic N) is 5. The predicted molar refractivity (Wildman–Crippen MR) is 123 cm³/mol. The Morgan fingerprint density at radius 2 is 2.13 bits per heavy atom. The van der Waals surface area contributed by atoms with E-state index < -0.39 is 0 Å². The molecular formula is C24H27N7. The lowest BCUT2D eigenvalue weighted by Gasteiger charge is -2.35. The standard InChI is InChI=1S/C24H27N7/c1-26-24(27-17-19-7-4-10-22(15-19)31-14-6-12-28-31)29-21-9-5-13-30(18-21)23-11-3-2-8-20(23)16-25/h2-4,6-8,10-12,14-15,21H,5,9,13,17-18H2,1H3,(H2,26,27,29). The number of benzene rings is 2. The molecule has 0 aliphatic carbocycles. The van der Waals surface area contributed by atoms with Crippen LogP contribution >= 0.6 is 0 Å². The van der Waals surface area contributed by atoms with Crippen molar-refractivity contribution in [3.8, 4) is 11.8 Å². The number of hydrogen-bond acceptors (Lipinski definition) is 4. The van der Waals surface area contributed by atoms with Gasteiger partial charge in [0.15, 0.2) is 5.96 Å². The first-order valence-electron chi connectivity index (χ1n) is 10.6. The Morgan fingerprint density at radius 1 is 1.23 bits per heavy atom. The van der Waals surface area contributed by atoms with Crippen LogP contribution in [-0.2, 0) is 6.54 Å². The maximum Gasteiger partial charge on any atom is 0.191 e. The number of anilines is 1. The van der Waals surface area contributed by atoms with Crippen molar-refractivity contribution in [3.63, 3.8) is 0 Å². The molecule has 0 saturated carbocycles. The SMILES string of the molecule is CN=C(NCc1cccc(-n2cccn2)c1)NC1CCCN(c2ccccc2C#N)C1. The van der Waals surface area contributed by atoms with Crippen molar-refractivity contribution in [1.82, 2.24) is 20.4 Å². The van der Waals surface area contributed by atoms with Crippen molar-refractivity contribution in [3.05, 3.63) is 78.1 Å². The number of aliphatic imine (C=N–C) groups is 1. The van der Waals surface area contributed by atoms with Gasteiger partial charge in [0.1, 0.15) is 6.07 Å². The molecule has 7 heteroatoms. The highest BCUT2D eigenvalue weighted by Crippen LogP contribution is 2.23. The van der Waals surface area contributed by atoms with Gasteiger partial charge in [0.2, 0.25) is 0 Å². The minimum absolute atomic E-state index is 0.266. The fourth-order valence-corrected chi connectivity index (χ4v) is 3.96. The molecule has 1 aromatic heterocycles. The van der Waals surface area contributed by atoms with Gasteiger partial charge in [-0.2, -0.15) is 10.4 Å². The maximum atomic E-state index is 9.43. The van der Waals surface area contributed by atoms with Crippen molar-refractivity contribution < 1.29 is 0 Å². The van der Waals surface area contributed by atoms with Crippen LogP contribution in [0.3, 0.4) is 0 Å². The summed E-state index contributed by atoms with van der Waals surface area (Å²) in [6, 6.07) is 20.6. The van der Waals surface area contributed by atoms with Gasteiger partial charge < -0.3 is 15.5 Å². The van der Waals surface area contributed by atoms with E-state index in [-0.39, 0.29) is 6.04 Å². The van der Waals surface area contributed by atoms with Gasteiger partial charge >= 0.3 is 0 Å². The second-order valence-corrected chi connectivity index (χ2v) is 7.60. The molecule has 1 aliphatic rings. The fourth-order valence-electron chi connectivity index (χ4n) is 3.96. The Labute approximate surface area is 183 Å². The van der Waals surface area contributed by atoms with Crippen LogP contribution in [0, 0.1) is 11.3 Å². The van der Waals surface area contributed by atoms with Crippen LogP contribution in [-0.4, -0.2) is 41.9 Å². The summed E-state index contributed by atoms with van der Waals surface area (Å²) in [5, 5.41) is 20.7. The lowest BCUT2D eigenvalue weighted by atomic mass is 10.0. The van der Waals surface area contributed by atoms with E-state index in [2.05, 4.69) is 43.8 Å².